The third-order valence-corrected chi connectivity index (χ3v) is 2.70. The first-order valence-corrected chi connectivity index (χ1v) is 5.97. The molecular formula is C14H15I. The highest BCUT2D eigenvalue weighted by molar-refractivity contribution is 14.1. The summed E-state index contributed by atoms with van der Waals surface area (Å²) in [6, 6.07) is 8.37. The first-order valence-electron chi connectivity index (χ1n) is 4.89. The second-order valence-corrected chi connectivity index (χ2v) is 4.67. The average Bonchev–Trinajstić information content (AvgIpc) is 2.18. The Kier molecular flexibility index (Phi) is 4.82. The monoisotopic (exact) mass is 310 g/mol. The maximum absolute atomic E-state index is 4.07. The van der Waals surface area contributed by atoms with Crippen LogP contribution in [0.15, 0.2) is 54.6 Å². The summed E-state index contributed by atoms with van der Waals surface area (Å²) in [5.41, 5.74) is 3.47. The molecule has 0 spiro atoms. The van der Waals surface area contributed by atoms with Crippen molar-refractivity contribution in [2.24, 2.45) is 0 Å². The molecule has 0 unspecified atom stereocenters. The highest BCUT2D eigenvalue weighted by Crippen LogP contribution is 2.18. The van der Waals surface area contributed by atoms with Gasteiger partial charge in [0.05, 0.1) is 0 Å². The smallest absolute Gasteiger partial charge is 0.0136 e. The Bertz CT molecular complexity index is 411. The minimum atomic E-state index is 1.06. The van der Waals surface area contributed by atoms with Crippen molar-refractivity contribution in [3.8, 4) is 0 Å². The fourth-order valence-electron chi connectivity index (χ4n) is 1.36. The van der Waals surface area contributed by atoms with Crippen LogP contribution in [0.5, 0.6) is 0 Å². The lowest BCUT2D eigenvalue weighted by Gasteiger charge is -2.02. The van der Waals surface area contributed by atoms with E-state index in [0.29, 0.717) is 0 Å². The highest BCUT2D eigenvalue weighted by Gasteiger charge is 1.96. The summed E-state index contributed by atoms with van der Waals surface area (Å²) in [5, 5.41) is 0. The Morgan fingerprint density at radius 2 is 2.13 bits per heavy atom. The molecule has 0 aliphatic rings. The lowest BCUT2D eigenvalue weighted by molar-refractivity contribution is 1.49. The van der Waals surface area contributed by atoms with Gasteiger partial charge in [-0.15, -0.1) is 0 Å². The van der Waals surface area contributed by atoms with Crippen LogP contribution in [0, 0.1) is 3.57 Å². The maximum atomic E-state index is 4.07. The van der Waals surface area contributed by atoms with Crippen molar-refractivity contribution in [1.29, 1.82) is 0 Å². The van der Waals surface area contributed by atoms with Gasteiger partial charge in [0.1, 0.15) is 0 Å². The number of rotatable bonds is 3. The van der Waals surface area contributed by atoms with Gasteiger partial charge in [-0.1, -0.05) is 42.5 Å². The molecule has 0 heterocycles. The lowest BCUT2D eigenvalue weighted by Crippen LogP contribution is -1.81. The molecule has 0 aromatic heterocycles. The predicted molar refractivity (Wildman–Crippen MR) is 76.8 cm³/mol. The van der Waals surface area contributed by atoms with Crippen LogP contribution < -0.4 is 0 Å². The summed E-state index contributed by atoms with van der Waals surface area (Å²) >= 11 is 2.31. The van der Waals surface area contributed by atoms with Gasteiger partial charge in [0.25, 0.3) is 0 Å². The normalized spacial score (nSPS) is 12.1. The molecule has 1 aromatic rings. The van der Waals surface area contributed by atoms with E-state index in [1.165, 1.54) is 14.7 Å². The van der Waals surface area contributed by atoms with E-state index in [-0.39, 0.29) is 0 Å². The molecule has 0 atom stereocenters. The van der Waals surface area contributed by atoms with Crippen LogP contribution in [-0.4, -0.2) is 0 Å². The third-order valence-electron chi connectivity index (χ3n) is 2.03. The molecule has 0 saturated heterocycles. The molecule has 1 heteroatoms. The average molecular weight is 310 g/mol. The highest BCUT2D eigenvalue weighted by atomic mass is 127. The number of halogens is 1. The Morgan fingerprint density at radius 3 is 2.73 bits per heavy atom. The second kappa shape index (κ2) is 5.91. The molecule has 0 bridgehead atoms. The van der Waals surface area contributed by atoms with E-state index in [1.807, 2.05) is 13.0 Å². The largest absolute Gasteiger partial charge is 0.0911 e. The third kappa shape index (κ3) is 4.04. The predicted octanol–water partition coefficient (Wildman–Crippen LogP) is 4.83. The van der Waals surface area contributed by atoms with Crippen LogP contribution in [0.25, 0.3) is 5.57 Å². The number of allylic oxidation sites excluding steroid dienone is 5. The molecule has 0 radical (unpaired) electrons. The van der Waals surface area contributed by atoms with Gasteiger partial charge < -0.3 is 0 Å². The molecule has 1 aromatic carbocycles. The van der Waals surface area contributed by atoms with Crippen molar-refractivity contribution in [2.45, 2.75) is 13.8 Å². The van der Waals surface area contributed by atoms with Crippen LogP contribution in [0.1, 0.15) is 19.4 Å². The number of hydrogen-bond acceptors (Lipinski definition) is 0. The molecule has 1 rings (SSSR count). The first-order chi connectivity index (χ1) is 7.13. The summed E-state index contributed by atoms with van der Waals surface area (Å²) in [5.74, 6) is 0. The van der Waals surface area contributed by atoms with Crippen LogP contribution in [-0.2, 0) is 0 Å². The molecule has 15 heavy (non-hydrogen) atoms. The molecule has 0 amide bonds. The maximum Gasteiger partial charge on any atom is 0.0136 e. The van der Waals surface area contributed by atoms with E-state index in [9.17, 15) is 0 Å². The molecule has 0 aliphatic heterocycles. The molecule has 0 N–H and O–H groups in total. The summed E-state index contributed by atoms with van der Waals surface area (Å²) in [6.07, 6.45) is 6.22. The second-order valence-electron chi connectivity index (χ2n) is 3.42. The van der Waals surface area contributed by atoms with Crippen molar-refractivity contribution in [2.75, 3.05) is 0 Å². The zero-order chi connectivity index (χ0) is 11.3. The quantitative estimate of drug-likeness (QED) is 0.554. The Labute approximate surface area is 106 Å². The van der Waals surface area contributed by atoms with Crippen molar-refractivity contribution in [3.05, 3.63) is 63.8 Å². The molecule has 0 aliphatic carbocycles. The first kappa shape index (κ1) is 12.2. The van der Waals surface area contributed by atoms with Crippen LogP contribution >= 0.6 is 22.6 Å². The van der Waals surface area contributed by atoms with Gasteiger partial charge >= 0.3 is 0 Å². The molecular weight excluding hydrogens is 295 g/mol. The number of hydrogen-bond donors (Lipinski definition) is 0. The molecule has 0 nitrogen and oxygen atoms in total. The Morgan fingerprint density at radius 1 is 1.40 bits per heavy atom. The SMILES string of the molecule is C=C(/C=C(C)\C=C/C)c1cccc(I)c1. The van der Waals surface area contributed by atoms with E-state index in [4.69, 9.17) is 0 Å². The summed E-state index contributed by atoms with van der Waals surface area (Å²) in [7, 11) is 0. The van der Waals surface area contributed by atoms with Gasteiger partial charge in [-0.05, 0) is 59.7 Å². The van der Waals surface area contributed by atoms with Crippen molar-refractivity contribution < 1.29 is 0 Å². The fourth-order valence-corrected chi connectivity index (χ4v) is 1.90. The van der Waals surface area contributed by atoms with Gasteiger partial charge in [0.2, 0.25) is 0 Å². The topological polar surface area (TPSA) is 0 Å². The summed E-state index contributed by atoms with van der Waals surface area (Å²) < 4.78 is 1.24. The van der Waals surface area contributed by atoms with E-state index >= 15 is 0 Å². The van der Waals surface area contributed by atoms with E-state index in [0.717, 1.165) is 5.57 Å². The van der Waals surface area contributed by atoms with Crippen LogP contribution in [0.2, 0.25) is 0 Å². The Hall–Kier alpha value is -0.830. The summed E-state index contributed by atoms with van der Waals surface area (Å²) in [4.78, 5) is 0. The minimum Gasteiger partial charge on any atom is -0.0911 e. The van der Waals surface area contributed by atoms with Gasteiger partial charge in [-0.2, -0.15) is 0 Å². The zero-order valence-corrected chi connectivity index (χ0v) is 11.3. The van der Waals surface area contributed by atoms with Gasteiger partial charge in [0, 0.05) is 3.57 Å². The summed E-state index contributed by atoms with van der Waals surface area (Å²) in [6.45, 7) is 8.18. The molecule has 0 fully saturated rings. The van der Waals surface area contributed by atoms with E-state index in [2.05, 4.69) is 72.5 Å². The zero-order valence-electron chi connectivity index (χ0n) is 9.13. The number of benzene rings is 1. The lowest BCUT2D eigenvalue weighted by atomic mass is 10.1. The fraction of sp³-hybridized carbons (Fsp3) is 0.143. The molecule has 0 saturated carbocycles. The van der Waals surface area contributed by atoms with E-state index in [1.54, 1.807) is 0 Å². The van der Waals surface area contributed by atoms with Crippen molar-refractivity contribution in [3.63, 3.8) is 0 Å². The van der Waals surface area contributed by atoms with Gasteiger partial charge in [-0.25, -0.2) is 0 Å². The van der Waals surface area contributed by atoms with Crippen molar-refractivity contribution >= 4 is 28.2 Å². The minimum absolute atomic E-state index is 1.06. The van der Waals surface area contributed by atoms with E-state index < -0.39 is 0 Å². The molecule has 78 valence electrons. The van der Waals surface area contributed by atoms with Gasteiger partial charge in [-0.3, -0.25) is 0 Å². The van der Waals surface area contributed by atoms with Crippen LogP contribution in [0.4, 0.5) is 0 Å². The van der Waals surface area contributed by atoms with Crippen LogP contribution in [0.3, 0.4) is 0 Å². The van der Waals surface area contributed by atoms with Crippen molar-refractivity contribution in [1.82, 2.24) is 0 Å². The Balaban J connectivity index is 2.91. The standard InChI is InChI=1S/C14H15I/c1-4-6-11(2)9-12(3)13-7-5-8-14(15)10-13/h4-10H,3H2,1-2H3/b6-4-,11-9-. The van der Waals surface area contributed by atoms with Gasteiger partial charge in [0.15, 0.2) is 0 Å².